The number of carbonyl (C=O) groups excluding carboxylic acids is 1. The van der Waals surface area contributed by atoms with Crippen LogP contribution in [-0.2, 0) is 4.79 Å². The number of H-pyrrole nitrogens is 1. The molecule has 0 aliphatic carbocycles. The monoisotopic (exact) mass is 415 g/mol. The van der Waals surface area contributed by atoms with Gasteiger partial charge in [-0.05, 0) is 31.3 Å². The van der Waals surface area contributed by atoms with Gasteiger partial charge in [-0.25, -0.2) is 18.2 Å². The number of rotatable bonds is 6. The van der Waals surface area contributed by atoms with E-state index in [0.717, 1.165) is 6.07 Å². The van der Waals surface area contributed by atoms with Crippen LogP contribution in [0.2, 0.25) is 0 Å². The van der Waals surface area contributed by atoms with Gasteiger partial charge in [-0.15, -0.1) is 0 Å². The molecule has 2 aromatic carbocycles. The van der Waals surface area contributed by atoms with Crippen molar-refractivity contribution in [3.63, 3.8) is 0 Å². The number of imidazole rings is 1. The lowest BCUT2D eigenvalue weighted by Gasteiger charge is -2.16. The number of amides is 1. The summed E-state index contributed by atoms with van der Waals surface area (Å²) in [5.41, 5.74) is 0.709. The molecule has 1 heterocycles. The van der Waals surface area contributed by atoms with Gasteiger partial charge < -0.3 is 15.4 Å². The maximum atomic E-state index is 13.7. The topological polar surface area (TPSA) is 105 Å². The molecule has 0 atom stereocenters. The number of nitrogens with zero attached hydrogens (tertiary/aromatic N) is 3. The van der Waals surface area contributed by atoms with Crippen molar-refractivity contribution in [2.45, 2.75) is 0 Å². The molecule has 3 aromatic rings. The second-order valence-corrected chi connectivity index (χ2v) is 6.48. The number of nitrogens with one attached hydrogen (secondary N) is 2. The second kappa shape index (κ2) is 8.67. The van der Waals surface area contributed by atoms with Crippen LogP contribution in [0.3, 0.4) is 0 Å². The predicted molar refractivity (Wildman–Crippen MR) is 104 cm³/mol. The number of para-hydroxylation sites is 2. The van der Waals surface area contributed by atoms with Crippen molar-refractivity contribution in [3.8, 4) is 6.07 Å². The fourth-order valence-corrected chi connectivity index (χ4v) is 2.77. The van der Waals surface area contributed by atoms with Crippen LogP contribution in [0.5, 0.6) is 0 Å². The fourth-order valence-electron chi connectivity index (χ4n) is 2.77. The summed E-state index contributed by atoms with van der Waals surface area (Å²) in [4.78, 5) is 20.6. The zero-order chi connectivity index (χ0) is 21.8. The van der Waals surface area contributed by atoms with Crippen LogP contribution >= 0.6 is 0 Å². The largest absolute Gasteiger partial charge is 0.509 e. The molecule has 154 valence electrons. The second-order valence-electron chi connectivity index (χ2n) is 6.48. The van der Waals surface area contributed by atoms with Crippen LogP contribution in [0.25, 0.3) is 16.6 Å². The Morgan fingerprint density at radius 3 is 2.63 bits per heavy atom. The molecule has 0 aliphatic rings. The lowest BCUT2D eigenvalue weighted by atomic mass is 10.2. The van der Waals surface area contributed by atoms with Crippen molar-refractivity contribution < 1.29 is 23.1 Å². The van der Waals surface area contributed by atoms with Crippen LogP contribution in [0.1, 0.15) is 5.82 Å². The van der Waals surface area contributed by atoms with Crippen LogP contribution < -0.4 is 5.32 Å². The van der Waals surface area contributed by atoms with Crippen molar-refractivity contribution >= 4 is 28.2 Å². The summed E-state index contributed by atoms with van der Waals surface area (Å²) in [5.74, 6) is -5.44. The Balaban J connectivity index is 1.69. The Bertz CT molecular complexity index is 1150. The molecule has 0 bridgehead atoms. The average molecular weight is 415 g/mol. The maximum Gasteiger partial charge on any atom is 0.238 e. The molecule has 30 heavy (non-hydrogen) atoms. The van der Waals surface area contributed by atoms with Crippen molar-refractivity contribution in [1.29, 1.82) is 5.26 Å². The zero-order valence-corrected chi connectivity index (χ0v) is 15.7. The van der Waals surface area contributed by atoms with Crippen LogP contribution in [-0.4, -0.2) is 46.0 Å². The average Bonchev–Trinajstić information content (AvgIpc) is 3.12. The lowest BCUT2D eigenvalue weighted by Crippen LogP contribution is -2.32. The molecule has 0 saturated carbocycles. The summed E-state index contributed by atoms with van der Waals surface area (Å²) < 4.78 is 39.9. The van der Waals surface area contributed by atoms with Crippen LogP contribution in [0.4, 0.5) is 18.9 Å². The standard InChI is InChI=1S/C20H16F3N5O2/c1-28(10-17(30)25-15-7-6-12(21)18(22)19(15)23)9-16(29)11(8-24)20-26-13-4-2-3-5-14(13)27-20/h2-7,29H,9-10H2,1H3,(H,25,30)(H,26,27)/b16-11-. The van der Waals surface area contributed by atoms with Gasteiger partial charge in [0.1, 0.15) is 17.4 Å². The van der Waals surface area contributed by atoms with E-state index in [1.54, 1.807) is 24.3 Å². The fraction of sp³-hybridized carbons (Fsp3) is 0.150. The predicted octanol–water partition coefficient (Wildman–Crippen LogP) is 3.34. The number of aromatic amines is 1. The summed E-state index contributed by atoms with van der Waals surface area (Å²) in [7, 11) is 1.48. The van der Waals surface area contributed by atoms with E-state index >= 15 is 0 Å². The van der Waals surface area contributed by atoms with Gasteiger partial charge in [0.15, 0.2) is 23.3 Å². The number of benzene rings is 2. The third kappa shape index (κ3) is 4.42. The Morgan fingerprint density at radius 2 is 1.93 bits per heavy atom. The molecule has 3 N–H and O–H groups in total. The molecule has 0 aliphatic heterocycles. The molecule has 10 heteroatoms. The zero-order valence-electron chi connectivity index (χ0n) is 15.7. The first-order valence-corrected chi connectivity index (χ1v) is 8.69. The molecule has 1 amide bonds. The molecule has 3 rings (SSSR count). The molecular weight excluding hydrogens is 399 g/mol. The highest BCUT2D eigenvalue weighted by molar-refractivity contribution is 5.92. The molecule has 0 fully saturated rings. The number of fused-ring (bicyclic) bond motifs is 1. The van der Waals surface area contributed by atoms with Crippen molar-refractivity contribution in [2.75, 3.05) is 25.5 Å². The first-order valence-electron chi connectivity index (χ1n) is 8.69. The normalized spacial score (nSPS) is 12.0. The molecule has 0 saturated heterocycles. The van der Waals surface area contributed by atoms with E-state index in [0.29, 0.717) is 17.1 Å². The van der Waals surface area contributed by atoms with Gasteiger partial charge >= 0.3 is 0 Å². The van der Waals surface area contributed by atoms with Gasteiger partial charge in [-0.1, -0.05) is 12.1 Å². The number of hydrogen-bond donors (Lipinski definition) is 3. The van der Waals surface area contributed by atoms with Crippen molar-refractivity contribution in [2.24, 2.45) is 0 Å². The van der Waals surface area contributed by atoms with Gasteiger partial charge in [0.05, 0.1) is 29.8 Å². The van der Waals surface area contributed by atoms with Gasteiger partial charge in [-0.2, -0.15) is 5.26 Å². The van der Waals surface area contributed by atoms with Crippen LogP contribution in [0, 0.1) is 28.8 Å². The Kier molecular flexibility index (Phi) is 6.03. The SMILES string of the molecule is CN(CC(=O)Nc1ccc(F)c(F)c1F)C/C(O)=C(\C#N)c1nc2ccccc2[nH]1. The van der Waals surface area contributed by atoms with E-state index in [2.05, 4.69) is 15.3 Å². The van der Waals surface area contributed by atoms with Gasteiger partial charge in [0.25, 0.3) is 0 Å². The van der Waals surface area contributed by atoms with E-state index in [4.69, 9.17) is 0 Å². The number of hydrogen-bond acceptors (Lipinski definition) is 5. The lowest BCUT2D eigenvalue weighted by molar-refractivity contribution is -0.117. The number of aliphatic hydroxyl groups is 1. The minimum atomic E-state index is -1.69. The highest BCUT2D eigenvalue weighted by Gasteiger charge is 2.18. The molecule has 0 unspecified atom stereocenters. The number of carbonyl (C=O) groups is 1. The van der Waals surface area contributed by atoms with Crippen molar-refractivity contribution in [1.82, 2.24) is 14.9 Å². The minimum Gasteiger partial charge on any atom is -0.509 e. The quantitative estimate of drug-likeness (QED) is 0.325. The third-order valence-corrected chi connectivity index (χ3v) is 4.17. The molecular formula is C20H16F3N5O2. The van der Waals surface area contributed by atoms with E-state index in [1.807, 2.05) is 6.07 Å². The summed E-state index contributed by atoms with van der Waals surface area (Å²) in [5, 5.41) is 21.9. The van der Waals surface area contributed by atoms with Gasteiger partial charge in [0, 0.05) is 0 Å². The van der Waals surface area contributed by atoms with E-state index in [1.165, 1.54) is 11.9 Å². The van der Waals surface area contributed by atoms with E-state index in [-0.39, 0.29) is 30.2 Å². The van der Waals surface area contributed by atoms with Gasteiger partial charge in [0.2, 0.25) is 5.91 Å². The summed E-state index contributed by atoms with van der Waals surface area (Å²) in [6, 6.07) is 10.6. The Morgan fingerprint density at radius 1 is 1.20 bits per heavy atom. The van der Waals surface area contributed by atoms with Gasteiger partial charge in [-0.3, -0.25) is 9.69 Å². The number of nitriles is 1. The molecule has 0 radical (unpaired) electrons. The highest BCUT2D eigenvalue weighted by Crippen LogP contribution is 2.20. The first kappa shape index (κ1) is 20.9. The Hall–Kier alpha value is -3.84. The molecule has 1 aromatic heterocycles. The van der Waals surface area contributed by atoms with E-state index < -0.39 is 29.0 Å². The highest BCUT2D eigenvalue weighted by atomic mass is 19.2. The molecule has 7 nitrogen and oxygen atoms in total. The number of aliphatic hydroxyl groups excluding tert-OH is 1. The summed E-state index contributed by atoms with van der Waals surface area (Å²) in [6.07, 6.45) is 0. The first-order chi connectivity index (χ1) is 14.3. The van der Waals surface area contributed by atoms with Crippen molar-refractivity contribution in [3.05, 3.63) is 65.4 Å². The summed E-state index contributed by atoms with van der Waals surface area (Å²) >= 11 is 0. The maximum absolute atomic E-state index is 13.7. The minimum absolute atomic E-state index is 0.0925. The number of anilines is 1. The number of likely N-dealkylation sites (N-methyl/N-ethyl adjacent to an activating group) is 1. The number of allylic oxidation sites excluding steroid dienone is 1. The molecule has 0 spiro atoms. The van der Waals surface area contributed by atoms with Crippen LogP contribution in [0.15, 0.2) is 42.2 Å². The summed E-state index contributed by atoms with van der Waals surface area (Å²) in [6.45, 7) is -0.505. The smallest absolute Gasteiger partial charge is 0.238 e. The van der Waals surface area contributed by atoms with E-state index in [9.17, 15) is 28.3 Å². The third-order valence-electron chi connectivity index (χ3n) is 4.17. The number of aromatic nitrogens is 2. The number of halogens is 3. The Labute approximate surface area is 169 Å².